The van der Waals surface area contributed by atoms with Crippen LogP contribution < -0.4 is 5.56 Å². The summed E-state index contributed by atoms with van der Waals surface area (Å²) in [4.78, 5) is 26.5. The van der Waals surface area contributed by atoms with Crippen LogP contribution in [0.3, 0.4) is 0 Å². The number of hydrogen-bond acceptors (Lipinski definition) is 3. The molecule has 0 amide bonds. The molecule has 1 N–H and O–H groups in total. The minimum Gasteiger partial charge on any atom is -0.477 e. The van der Waals surface area contributed by atoms with Gasteiger partial charge in [-0.05, 0) is 50.0 Å². The first-order chi connectivity index (χ1) is 12.1. The number of carboxylic acid groups (broad SMARTS) is 1. The number of carboxylic acids is 1. The molecule has 1 aliphatic rings. The van der Waals surface area contributed by atoms with E-state index in [1.54, 1.807) is 23.8 Å². The molecular weight excluding hydrogens is 316 g/mol. The molecule has 2 aromatic rings. The summed E-state index contributed by atoms with van der Waals surface area (Å²) in [5.74, 6) is -1.16. The fourth-order valence-electron chi connectivity index (χ4n) is 3.59. The van der Waals surface area contributed by atoms with Crippen LogP contribution in [0.1, 0.15) is 46.8 Å². The normalized spacial score (nSPS) is 16.5. The molecule has 3 rings (SSSR count). The Balaban J connectivity index is 1.97. The standard InChI is InChI=1S/C20H24N2O3/c1-15-10-13-22(19(23)18(15)20(24)25)14-17(16-8-4-2-5-9-16)21-11-6-3-7-12-21/h2,4-5,8-10,13,17H,3,6-7,11-12,14H2,1H3,(H,24,25). The first-order valence-electron chi connectivity index (χ1n) is 8.80. The van der Waals surface area contributed by atoms with Crippen LogP contribution in [0.25, 0.3) is 0 Å². The number of likely N-dealkylation sites (tertiary alicyclic amines) is 1. The lowest BCUT2D eigenvalue weighted by molar-refractivity contribution is 0.0692. The van der Waals surface area contributed by atoms with E-state index in [9.17, 15) is 14.7 Å². The van der Waals surface area contributed by atoms with E-state index in [4.69, 9.17) is 0 Å². The Morgan fingerprint density at radius 1 is 1.12 bits per heavy atom. The number of pyridine rings is 1. The second-order valence-electron chi connectivity index (χ2n) is 6.66. The van der Waals surface area contributed by atoms with Gasteiger partial charge in [0.1, 0.15) is 5.56 Å². The van der Waals surface area contributed by atoms with Gasteiger partial charge < -0.3 is 9.67 Å². The van der Waals surface area contributed by atoms with Gasteiger partial charge in [-0.2, -0.15) is 0 Å². The van der Waals surface area contributed by atoms with Crippen molar-refractivity contribution in [2.24, 2.45) is 0 Å². The second kappa shape index (κ2) is 7.66. The average molecular weight is 340 g/mol. The summed E-state index contributed by atoms with van der Waals surface area (Å²) in [6.45, 7) is 4.13. The Hall–Kier alpha value is -2.40. The average Bonchev–Trinajstić information content (AvgIpc) is 2.62. The number of nitrogens with zero attached hydrogens (tertiary/aromatic N) is 2. The molecule has 0 spiro atoms. The van der Waals surface area contributed by atoms with E-state index in [1.165, 1.54) is 6.42 Å². The number of hydrogen-bond donors (Lipinski definition) is 1. The van der Waals surface area contributed by atoms with Gasteiger partial charge in [-0.1, -0.05) is 36.8 Å². The summed E-state index contributed by atoms with van der Waals surface area (Å²) in [5.41, 5.74) is 1.11. The second-order valence-corrected chi connectivity index (χ2v) is 6.66. The van der Waals surface area contributed by atoms with Gasteiger partial charge in [0.25, 0.3) is 5.56 Å². The van der Waals surface area contributed by atoms with Gasteiger partial charge in [-0.15, -0.1) is 0 Å². The van der Waals surface area contributed by atoms with Gasteiger partial charge >= 0.3 is 5.97 Å². The molecule has 0 saturated carbocycles. The van der Waals surface area contributed by atoms with Crippen molar-refractivity contribution in [1.29, 1.82) is 0 Å². The maximum atomic E-state index is 12.6. The molecule has 1 unspecified atom stereocenters. The highest BCUT2D eigenvalue weighted by Crippen LogP contribution is 2.26. The van der Waals surface area contributed by atoms with Crippen LogP contribution in [0.2, 0.25) is 0 Å². The molecule has 0 bridgehead atoms. The maximum Gasteiger partial charge on any atom is 0.341 e. The van der Waals surface area contributed by atoms with Crippen molar-refractivity contribution in [3.8, 4) is 0 Å². The molecule has 0 aliphatic carbocycles. The Morgan fingerprint density at radius 3 is 2.44 bits per heavy atom. The SMILES string of the molecule is Cc1ccn(CC(c2ccccc2)N2CCCCC2)c(=O)c1C(=O)O. The smallest absolute Gasteiger partial charge is 0.341 e. The Morgan fingerprint density at radius 2 is 1.80 bits per heavy atom. The topological polar surface area (TPSA) is 62.5 Å². The van der Waals surface area contributed by atoms with Crippen LogP contribution in [0, 0.1) is 6.92 Å². The Bertz CT molecular complexity index is 792. The number of aromatic nitrogens is 1. The first kappa shape index (κ1) is 17.4. The molecule has 1 fully saturated rings. The zero-order valence-corrected chi connectivity index (χ0v) is 14.5. The highest BCUT2D eigenvalue weighted by Gasteiger charge is 2.24. The van der Waals surface area contributed by atoms with Gasteiger partial charge in [-0.3, -0.25) is 9.69 Å². The minimum atomic E-state index is -1.16. The largest absolute Gasteiger partial charge is 0.477 e. The van der Waals surface area contributed by atoms with Crippen LogP contribution in [0.4, 0.5) is 0 Å². The number of piperidine rings is 1. The zero-order valence-electron chi connectivity index (χ0n) is 14.5. The summed E-state index contributed by atoms with van der Waals surface area (Å²) in [7, 11) is 0. The molecule has 5 nitrogen and oxygen atoms in total. The third kappa shape index (κ3) is 3.82. The number of benzene rings is 1. The third-order valence-electron chi connectivity index (χ3n) is 4.97. The Kier molecular flexibility index (Phi) is 5.34. The van der Waals surface area contributed by atoms with E-state index in [1.807, 2.05) is 18.2 Å². The fourth-order valence-corrected chi connectivity index (χ4v) is 3.59. The van der Waals surface area contributed by atoms with E-state index in [2.05, 4.69) is 17.0 Å². The molecule has 1 aromatic heterocycles. The van der Waals surface area contributed by atoms with E-state index in [-0.39, 0.29) is 11.6 Å². The van der Waals surface area contributed by atoms with Gasteiger partial charge in [0.2, 0.25) is 0 Å². The number of rotatable bonds is 5. The van der Waals surface area contributed by atoms with Crippen LogP contribution in [-0.2, 0) is 6.54 Å². The number of carbonyl (C=O) groups is 1. The summed E-state index contributed by atoms with van der Waals surface area (Å²) in [5, 5.41) is 9.35. The quantitative estimate of drug-likeness (QED) is 0.908. The van der Waals surface area contributed by atoms with Crippen LogP contribution in [0.15, 0.2) is 47.4 Å². The summed E-state index contributed by atoms with van der Waals surface area (Å²) >= 11 is 0. The molecule has 25 heavy (non-hydrogen) atoms. The molecule has 132 valence electrons. The van der Waals surface area contributed by atoms with E-state index in [0.29, 0.717) is 12.1 Å². The molecule has 1 aromatic carbocycles. The van der Waals surface area contributed by atoms with Crippen molar-refractivity contribution in [3.05, 3.63) is 69.6 Å². The van der Waals surface area contributed by atoms with Crippen molar-refractivity contribution in [2.75, 3.05) is 13.1 Å². The predicted molar refractivity (Wildman–Crippen MR) is 97.0 cm³/mol. The molecule has 5 heteroatoms. The van der Waals surface area contributed by atoms with Crippen molar-refractivity contribution < 1.29 is 9.90 Å². The van der Waals surface area contributed by atoms with Crippen LogP contribution >= 0.6 is 0 Å². The molecule has 2 heterocycles. The van der Waals surface area contributed by atoms with Crippen LogP contribution in [-0.4, -0.2) is 33.6 Å². The van der Waals surface area contributed by atoms with Crippen molar-refractivity contribution in [3.63, 3.8) is 0 Å². The first-order valence-corrected chi connectivity index (χ1v) is 8.80. The highest BCUT2D eigenvalue weighted by molar-refractivity contribution is 5.88. The molecule has 0 radical (unpaired) electrons. The van der Waals surface area contributed by atoms with Crippen molar-refractivity contribution in [1.82, 2.24) is 9.47 Å². The monoisotopic (exact) mass is 340 g/mol. The molecule has 1 aliphatic heterocycles. The summed E-state index contributed by atoms with van der Waals surface area (Å²) < 4.78 is 1.54. The van der Waals surface area contributed by atoms with E-state index < -0.39 is 11.5 Å². The van der Waals surface area contributed by atoms with Crippen LogP contribution in [0.5, 0.6) is 0 Å². The third-order valence-corrected chi connectivity index (χ3v) is 4.97. The van der Waals surface area contributed by atoms with Gasteiger partial charge in [-0.25, -0.2) is 4.79 Å². The zero-order chi connectivity index (χ0) is 17.8. The lowest BCUT2D eigenvalue weighted by Gasteiger charge is -2.35. The lowest BCUT2D eigenvalue weighted by Crippen LogP contribution is -2.38. The van der Waals surface area contributed by atoms with Crippen molar-refractivity contribution in [2.45, 2.75) is 38.8 Å². The Labute approximate surface area is 147 Å². The van der Waals surface area contributed by atoms with Gasteiger partial charge in [0.05, 0.1) is 6.04 Å². The van der Waals surface area contributed by atoms with Crippen molar-refractivity contribution >= 4 is 5.97 Å². The minimum absolute atomic E-state index is 0.0727. The number of aryl methyl sites for hydroxylation is 1. The maximum absolute atomic E-state index is 12.6. The molecule has 1 atom stereocenters. The molecule has 1 saturated heterocycles. The molecular formula is C20H24N2O3. The van der Waals surface area contributed by atoms with E-state index >= 15 is 0 Å². The fraction of sp³-hybridized carbons (Fsp3) is 0.400. The summed E-state index contributed by atoms with van der Waals surface area (Å²) in [6.07, 6.45) is 5.27. The van der Waals surface area contributed by atoms with Gasteiger partial charge in [0.15, 0.2) is 0 Å². The highest BCUT2D eigenvalue weighted by atomic mass is 16.4. The predicted octanol–water partition coefficient (Wildman–Crippen LogP) is 3.08. The van der Waals surface area contributed by atoms with E-state index in [0.717, 1.165) is 31.5 Å². The lowest BCUT2D eigenvalue weighted by atomic mass is 10.0. The van der Waals surface area contributed by atoms with Gasteiger partial charge in [0, 0.05) is 12.7 Å². The number of aromatic carboxylic acids is 1. The summed E-state index contributed by atoms with van der Waals surface area (Å²) in [6, 6.07) is 11.9.